The van der Waals surface area contributed by atoms with Gasteiger partial charge in [-0.15, -0.1) is 0 Å². The van der Waals surface area contributed by atoms with Crippen molar-refractivity contribution in [2.45, 2.75) is 6.54 Å². The van der Waals surface area contributed by atoms with Crippen LogP contribution in [0.1, 0.15) is 15.9 Å². The fourth-order valence-electron chi connectivity index (χ4n) is 1.78. The molecule has 0 unspecified atom stereocenters. The minimum absolute atomic E-state index is 0.131. The molecule has 5 nitrogen and oxygen atoms in total. The van der Waals surface area contributed by atoms with Crippen molar-refractivity contribution in [2.75, 3.05) is 12.4 Å². The molecule has 0 aliphatic heterocycles. The number of carboxylic acid groups (broad SMARTS) is 1. The lowest BCUT2D eigenvalue weighted by atomic mass is 10.1. The number of anilines is 1. The summed E-state index contributed by atoms with van der Waals surface area (Å²) in [5, 5.41) is 21.8. The number of ether oxygens (including phenoxy) is 1. The molecule has 0 radical (unpaired) electrons. The summed E-state index contributed by atoms with van der Waals surface area (Å²) in [6.45, 7) is 0.388. The predicted octanol–water partition coefficient (Wildman–Crippen LogP) is 2.71. The van der Waals surface area contributed by atoms with E-state index in [1.807, 2.05) is 0 Å². The van der Waals surface area contributed by atoms with Crippen molar-refractivity contribution < 1.29 is 19.7 Å². The van der Waals surface area contributed by atoms with Gasteiger partial charge in [0.25, 0.3) is 0 Å². The number of benzene rings is 2. The van der Waals surface area contributed by atoms with Gasteiger partial charge in [-0.05, 0) is 30.3 Å². The van der Waals surface area contributed by atoms with Crippen LogP contribution in [-0.4, -0.2) is 23.3 Å². The molecule has 0 aliphatic carbocycles. The van der Waals surface area contributed by atoms with E-state index < -0.39 is 5.97 Å². The molecule has 0 heterocycles. The van der Waals surface area contributed by atoms with Crippen molar-refractivity contribution in [3.8, 4) is 11.5 Å². The highest BCUT2D eigenvalue weighted by Crippen LogP contribution is 2.24. The van der Waals surface area contributed by atoms with Gasteiger partial charge in [0.15, 0.2) is 0 Å². The summed E-state index contributed by atoms with van der Waals surface area (Å²) in [5.41, 5.74) is 1.60. The van der Waals surface area contributed by atoms with Crippen molar-refractivity contribution in [3.05, 3.63) is 53.6 Å². The Labute approximate surface area is 116 Å². The van der Waals surface area contributed by atoms with Crippen LogP contribution in [0.2, 0.25) is 0 Å². The Morgan fingerprint density at radius 3 is 2.70 bits per heavy atom. The van der Waals surface area contributed by atoms with Crippen molar-refractivity contribution in [1.29, 1.82) is 0 Å². The van der Waals surface area contributed by atoms with Crippen molar-refractivity contribution in [3.63, 3.8) is 0 Å². The molecule has 0 spiro atoms. The van der Waals surface area contributed by atoms with Gasteiger partial charge in [-0.1, -0.05) is 6.07 Å². The van der Waals surface area contributed by atoms with Crippen LogP contribution in [0, 0.1) is 0 Å². The summed E-state index contributed by atoms with van der Waals surface area (Å²) >= 11 is 0. The number of nitrogens with one attached hydrogen (secondary N) is 1. The molecule has 20 heavy (non-hydrogen) atoms. The number of aromatic carboxylic acids is 1. The molecule has 3 N–H and O–H groups in total. The Hall–Kier alpha value is -2.69. The SMILES string of the molecule is COc1ccc(CNc2cccc(C(=O)O)c2)c(O)c1. The summed E-state index contributed by atoms with van der Waals surface area (Å²) in [7, 11) is 1.53. The number of rotatable bonds is 5. The molecule has 0 atom stereocenters. The second-order valence-electron chi connectivity index (χ2n) is 4.23. The lowest BCUT2D eigenvalue weighted by Crippen LogP contribution is -2.02. The van der Waals surface area contributed by atoms with Crippen molar-refractivity contribution in [2.24, 2.45) is 0 Å². The summed E-state index contributed by atoms with van der Waals surface area (Å²) in [4.78, 5) is 10.9. The monoisotopic (exact) mass is 273 g/mol. The standard InChI is InChI=1S/C15H15NO4/c1-20-13-6-5-11(14(17)8-13)9-16-12-4-2-3-10(7-12)15(18)19/h2-8,16-17H,9H2,1H3,(H,18,19). The molecule has 0 fully saturated rings. The van der Waals surface area contributed by atoms with Crippen LogP contribution in [0.4, 0.5) is 5.69 Å². The maximum absolute atomic E-state index is 10.9. The lowest BCUT2D eigenvalue weighted by Gasteiger charge is -2.10. The van der Waals surface area contributed by atoms with Gasteiger partial charge in [0.05, 0.1) is 12.7 Å². The molecule has 5 heteroatoms. The summed E-state index contributed by atoms with van der Waals surface area (Å²) in [6.07, 6.45) is 0. The first kappa shape index (κ1) is 13.7. The van der Waals surface area contributed by atoms with Gasteiger partial charge in [-0.2, -0.15) is 0 Å². The van der Waals surface area contributed by atoms with Gasteiger partial charge in [0.2, 0.25) is 0 Å². The lowest BCUT2D eigenvalue weighted by molar-refractivity contribution is 0.0697. The average molecular weight is 273 g/mol. The van der Waals surface area contributed by atoms with Crippen LogP contribution < -0.4 is 10.1 Å². The summed E-state index contributed by atoms with van der Waals surface area (Å²) < 4.78 is 5.01. The third kappa shape index (κ3) is 3.20. The third-order valence-electron chi connectivity index (χ3n) is 2.88. The quantitative estimate of drug-likeness (QED) is 0.780. The molecule has 0 aromatic heterocycles. The zero-order chi connectivity index (χ0) is 14.5. The van der Waals surface area contributed by atoms with Gasteiger partial charge < -0.3 is 20.3 Å². The fraction of sp³-hybridized carbons (Fsp3) is 0.133. The van der Waals surface area contributed by atoms with E-state index in [0.29, 0.717) is 23.5 Å². The number of phenols is 1. The maximum atomic E-state index is 10.9. The van der Waals surface area contributed by atoms with E-state index in [1.54, 1.807) is 30.3 Å². The first-order valence-electron chi connectivity index (χ1n) is 6.03. The number of aromatic hydroxyl groups is 1. The minimum Gasteiger partial charge on any atom is -0.507 e. The predicted molar refractivity (Wildman–Crippen MR) is 75.4 cm³/mol. The van der Waals surface area contributed by atoms with E-state index in [9.17, 15) is 9.90 Å². The molecule has 2 aromatic carbocycles. The van der Waals surface area contributed by atoms with Crippen molar-refractivity contribution in [1.82, 2.24) is 0 Å². The van der Waals surface area contributed by atoms with E-state index >= 15 is 0 Å². The number of hydrogen-bond acceptors (Lipinski definition) is 4. The molecular weight excluding hydrogens is 258 g/mol. The molecule has 0 saturated carbocycles. The van der Waals surface area contributed by atoms with Crippen molar-refractivity contribution >= 4 is 11.7 Å². The van der Waals surface area contributed by atoms with E-state index in [0.717, 1.165) is 0 Å². The number of carboxylic acids is 1. The van der Waals surface area contributed by atoms with E-state index in [2.05, 4.69) is 5.32 Å². The number of hydrogen-bond donors (Lipinski definition) is 3. The Bertz CT molecular complexity index is 625. The fourth-order valence-corrected chi connectivity index (χ4v) is 1.78. The third-order valence-corrected chi connectivity index (χ3v) is 2.88. The Morgan fingerprint density at radius 1 is 1.25 bits per heavy atom. The summed E-state index contributed by atoms with van der Waals surface area (Å²) in [6, 6.07) is 11.5. The highest BCUT2D eigenvalue weighted by Gasteiger charge is 2.05. The molecule has 2 aromatic rings. The second-order valence-corrected chi connectivity index (χ2v) is 4.23. The van der Waals surface area contributed by atoms with Crippen LogP contribution in [0.5, 0.6) is 11.5 Å². The van der Waals surface area contributed by atoms with E-state index in [1.165, 1.54) is 19.2 Å². The smallest absolute Gasteiger partial charge is 0.335 e. The molecular formula is C15H15NO4. The van der Waals surface area contributed by atoms with Gasteiger partial charge in [0.1, 0.15) is 11.5 Å². The second kappa shape index (κ2) is 5.97. The van der Waals surface area contributed by atoms with Gasteiger partial charge >= 0.3 is 5.97 Å². The van der Waals surface area contributed by atoms with Gasteiger partial charge in [0, 0.05) is 23.9 Å². The Kier molecular flexibility index (Phi) is 4.10. The van der Waals surface area contributed by atoms with Gasteiger partial charge in [-0.25, -0.2) is 4.79 Å². The van der Waals surface area contributed by atoms with Crippen LogP contribution in [-0.2, 0) is 6.54 Å². The van der Waals surface area contributed by atoms with Crippen LogP contribution in [0.15, 0.2) is 42.5 Å². The van der Waals surface area contributed by atoms with Crippen LogP contribution >= 0.6 is 0 Å². The molecule has 0 aliphatic rings. The first-order chi connectivity index (χ1) is 9.60. The highest BCUT2D eigenvalue weighted by molar-refractivity contribution is 5.88. The average Bonchev–Trinajstić information content (AvgIpc) is 2.46. The van der Waals surface area contributed by atoms with Gasteiger partial charge in [-0.3, -0.25) is 0 Å². The normalized spacial score (nSPS) is 10.1. The molecule has 104 valence electrons. The maximum Gasteiger partial charge on any atom is 0.335 e. The molecule has 0 saturated heterocycles. The zero-order valence-electron chi connectivity index (χ0n) is 11.0. The molecule has 0 bridgehead atoms. The molecule has 2 rings (SSSR count). The largest absolute Gasteiger partial charge is 0.507 e. The Balaban J connectivity index is 2.09. The first-order valence-corrected chi connectivity index (χ1v) is 6.03. The van der Waals surface area contributed by atoms with Crippen LogP contribution in [0.3, 0.4) is 0 Å². The molecule has 0 amide bonds. The highest BCUT2D eigenvalue weighted by atomic mass is 16.5. The summed E-state index contributed by atoms with van der Waals surface area (Å²) in [5.74, 6) is -0.258. The number of phenolic OH excluding ortho intramolecular Hbond substituents is 1. The van der Waals surface area contributed by atoms with Crippen LogP contribution in [0.25, 0.3) is 0 Å². The number of methoxy groups -OCH3 is 1. The topological polar surface area (TPSA) is 78.8 Å². The van der Waals surface area contributed by atoms with E-state index in [-0.39, 0.29) is 11.3 Å². The zero-order valence-corrected chi connectivity index (χ0v) is 11.0. The number of carbonyl (C=O) groups is 1. The van der Waals surface area contributed by atoms with E-state index in [4.69, 9.17) is 9.84 Å². The minimum atomic E-state index is -0.971. The Morgan fingerprint density at radius 2 is 2.05 bits per heavy atom.